The van der Waals surface area contributed by atoms with Crippen molar-refractivity contribution in [3.8, 4) is 0 Å². The van der Waals surface area contributed by atoms with Gasteiger partial charge in [-0.2, -0.15) is 0 Å². The van der Waals surface area contributed by atoms with Crippen molar-refractivity contribution in [2.24, 2.45) is 0 Å². The van der Waals surface area contributed by atoms with Crippen LogP contribution in [0.25, 0.3) is 0 Å². The Morgan fingerprint density at radius 1 is 0.920 bits per heavy atom. The first-order valence-corrected chi connectivity index (χ1v) is 10.2. The maximum absolute atomic E-state index is 4.07. The Kier molecular flexibility index (Phi) is 5.34. The van der Waals surface area contributed by atoms with Crippen LogP contribution in [0.2, 0.25) is 0 Å². The van der Waals surface area contributed by atoms with Gasteiger partial charge in [0.1, 0.15) is 5.75 Å². The first-order chi connectivity index (χ1) is 11.9. The zero-order valence-corrected chi connectivity index (χ0v) is 16.3. The Morgan fingerprint density at radius 3 is 2.16 bits per heavy atom. The molecule has 0 aliphatic heterocycles. The Morgan fingerprint density at radius 2 is 1.60 bits per heavy atom. The van der Waals surface area contributed by atoms with Crippen LogP contribution < -0.4 is 0 Å². The predicted octanol–water partition coefficient (Wildman–Crippen LogP) is 6.56. The Balaban J connectivity index is 1.88. The SMILES string of the molecule is C=C1C=CC([S+](Cc2ccc(C(C)(C)C)cc2)c2ccccc2)=CC1. The summed E-state index contributed by atoms with van der Waals surface area (Å²) < 4.78 is 0. The van der Waals surface area contributed by atoms with E-state index in [4.69, 9.17) is 0 Å². The van der Waals surface area contributed by atoms with Crippen LogP contribution in [0.15, 0.2) is 94.8 Å². The topological polar surface area (TPSA) is 0 Å². The van der Waals surface area contributed by atoms with Gasteiger partial charge in [-0.1, -0.05) is 81.5 Å². The zero-order chi connectivity index (χ0) is 17.9. The molecule has 1 atom stereocenters. The molecule has 1 heteroatoms. The summed E-state index contributed by atoms with van der Waals surface area (Å²) in [6, 6.07) is 20.1. The van der Waals surface area contributed by atoms with E-state index in [-0.39, 0.29) is 16.3 Å². The monoisotopic (exact) mass is 347 g/mol. The third-order valence-corrected chi connectivity index (χ3v) is 6.83. The lowest BCUT2D eigenvalue weighted by Crippen LogP contribution is -2.12. The van der Waals surface area contributed by atoms with Crippen LogP contribution >= 0.6 is 0 Å². The molecule has 1 unspecified atom stereocenters. The summed E-state index contributed by atoms with van der Waals surface area (Å²) in [5.74, 6) is 1.05. The third kappa shape index (κ3) is 4.55. The van der Waals surface area contributed by atoms with E-state index in [2.05, 4.69) is 100 Å². The van der Waals surface area contributed by atoms with Gasteiger partial charge in [-0.3, -0.25) is 0 Å². The van der Waals surface area contributed by atoms with E-state index in [1.54, 1.807) is 0 Å². The van der Waals surface area contributed by atoms with E-state index in [1.165, 1.54) is 26.5 Å². The summed E-state index contributed by atoms with van der Waals surface area (Å²) in [6.07, 6.45) is 7.74. The summed E-state index contributed by atoms with van der Waals surface area (Å²) in [5, 5.41) is 0. The second-order valence-corrected chi connectivity index (χ2v) is 9.61. The summed E-state index contributed by atoms with van der Waals surface area (Å²) in [5.41, 5.74) is 4.19. The van der Waals surface area contributed by atoms with Crippen LogP contribution in [0.5, 0.6) is 0 Å². The predicted molar refractivity (Wildman–Crippen MR) is 112 cm³/mol. The van der Waals surface area contributed by atoms with E-state index in [0.717, 1.165) is 12.2 Å². The lowest BCUT2D eigenvalue weighted by molar-refractivity contribution is 0.590. The fraction of sp³-hybridized carbons (Fsp3) is 0.250. The number of rotatable bonds is 4. The summed E-state index contributed by atoms with van der Waals surface area (Å²) in [6.45, 7) is 10.9. The van der Waals surface area contributed by atoms with Crippen LogP contribution in [-0.2, 0) is 22.1 Å². The number of hydrogen-bond donors (Lipinski definition) is 0. The third-order valence-electron chi connectivity index (χ3n) is 4.49. The zero-order valence-electron chi connectivity index (χ0n) is 15.5. The lowest BCUT2D eigenvalue weighted by Gasteiger charge is -2.19. The highest BCUT2D eigenvalue weighted by Crippen LogP contribution is 2.31. The molecule has 0 radical (unpaired) electrons. The molecule has 0 amide bonds. The molecule has 1 aliphatic rings. The van der Waals surface area contributed by atoms with Crippen molar-refractivity contribution in [3.63, 3.8) is 0 Å². The second-order valence-electron chi connectivity index (χ2n) is 7.60. The molecule has 25 heavy (non-hydrogen) atoms. The minimum atomic E-state index is 0.0652. The molecule has 2 aromatic carbocycles. The van der Waals surface area contributed by atoms with Gasteiger partial charge in [0.05, 0.1) is 10.9 Å². The van der Waals surface area contributed by atoms with E-state index in [9.17, 15) is 0 Å². The second kappa shape index (κ2) is 7.49. The molecule has 0 spiro atoms. The molecule has 3 rings (SSSR count). The average molecular weight is 348 g/mol. The Hall–Kier alpha value is -1.99. The molecular formula is C24H27S+. The van der Waals surface area contributed by atoms with Crippen molar-refractivity contribution >= 4 is 10.9 Å². The van der Waals surface area contributed by atoms with Gasteiger partial charge in [-0.25, -0.2) is 0 Å². The molecule has 0 saturated carbocycles. The van der Waals surface area contributed by atoms with E-state index in [1.807, 2.05) is 0 Å². The fourth-order valence-electron chi connectivity index (χ4n) is 2.91. The number of allylic oxidation sites excluding steroid dienone is 4. The van der Waals surface area contributed by atoms with E-state index < -0.39 is 0 Å². The van der Waals surface area contributed by atoms with Crippen LogP contribution in [0.1, 0.15) is 38.3 Å². The Labute approximate surface area is 155 Å². The van der Waals surface area contributed by atoms with Gasteiger partial charge >= 0.3 is 0 Å². The molecule has 128 valence electrons. The number of hydrogen-bond acceptors (Lipinski definition) is 0. The van der Waals surface area contributed by atoms with Crippen molar-refractivity contribution in [1.29, 1.82) is 0 Å². The van der Waals surface area contributed by atoms with Gasteiger partial charge in [0.15, 0.2) is 9.80 Å². The quantitative estimate of drug-likeness (QED) is 0.549. The smallest absolute Gasteiger partial charge is 0.0955 e. The average Bonchev–Trinajstić information content (AvgIpc) is 2.61. The van der Waals surface area contributed by atoms with Crippen LogP contribution in [0.3, 0.4) is 0 Å². The molecule has 0 bridgehead atoms. The van der Waals surface area contributed by atoms with Gasteiger partial charge in [-0.15, -0.1) is 0 Å². The van der Waals surface area contributed by atoms with Crippen LogP contribution in [0, 0.1) is 0 Å². The molecule has 0 saturated heterocycles. The highest BCUT2D eigenvalue weighted by molar-refractivity contribution is 8.00. The van der Waals surface area contributed by atoms with Gasteiger partial charge in [0.25, 0.3) is 0 Å². The van der Waals surface area contributed by atoms with Gasteiger partial charge < -0.3 is 0 Å². The highest BCUT2D eigenvalue weighted by atomic mass is 32.2. The summed E-state index contributed by atoms with van der Waals surface area (Å²) >= 11 is 0. The highest BCUT2D eigenvalue weighted by Gasteiger charge is 2.28. The minimum absolute atomic E-state index is 0.0652. The fourth-order valence-corrected chi connectivity index (χ4v) is 5.04. The van der Waals surface area contributed by atoms with Crippen molar-refractivity contribution in [3.05, 3.63) is 101 Å². The first-order valence-electron chi connectivity index (χ1n) is 8.85. The molecule has 2 aromatic rings. The molecule has 0 fully saturated rings. The molecule has 0 nitrogen and oxygen atoms in total. The van der Waals surface area contributed by atoms with E-state index >= 15 is 0 Å². The van der Waals surface area contributed by atoms with Crippen molar-refractivity contribution in [1.82, 2.24) is 0 Å². The lowest BCUT2D eigenvalue weighted by atomic mass is 9.87. The van der Waals surface area contributed by atoms with Gasteiger partial charge in [0.2, 0.25) is 0 Å². The number of benzene rings is 2. The van der Waals surface area contributed by atoms with Crippen LogP contribution in [-0.4, -0.2) is 0 Å². The van der Waals surface area contributed by atoms with E-state index in [0.29, 0.717) is 0 Å². The molecule has 0 N–H and O–H groups in total. The largest absolute Gasteiger partial charge is 0.161 e. The van der Waals surface area contributed by atoms with Crippen molar-refractivity contribution in [2.45, 2.75) is 43.3 Å². The minimum Gasteiger partial charge on any atom is -0.0955 e. The van der Waals surface area contributed by atoms with Crippen LogP contribution in [0.4, 0.5) is 0 Å². The Bertz CT molecular complexity index is 786. The van der Waals surface area contributed by atoms with Crippen molar-refractivity contribution in [2.75, 3.05) is 0 Å². The van der Waals surface area contributed by atoms with Crippen molar-refractivity contribution < 1.29 is 0 Å². The molecule has 0 aromatic heterocycles. The van der Waals surface area contributed by atoms with Gasteiger partial charge in [0, 0.05) is 5.56 Å². The maximum Gasteiger partial charge on any atom is 0.161 e. The first kappa shape index (κ1) is 17.8. The standard InChI is InChI=1S/C24H27S/c1-19-10-16-23(17-11-19)25(22-8-6-5-7-9-22)18-20-12-14-21(15-13-20)24(2,3)4/h5-10,12-17H,1,11,18H2,2-4H3/q+1. The molecule has 1 aliphatic carbocycles. The summed E-state index contributed by atoms with van der Waals surface area (Å²) in [7, 11) is 0.0652. The molecule has 0 heterocycles. The maximum atomic E-state index is 4.07. The molecular weight excluding hydrogens is 320 g/mol. The summed E-state index contributed by atoms with van der Waals surface area (Å²) in [4.78, 5) is 2.84. The van der Waals surface area contributed by atoms with Gasteiger partial charge in [-0.05, 0) is 41.7 Å². The normalized spacial score (nSPS) is 15.8.